The van der Waals surface area contributed by atoms with Gasteiger partial charge in [-0.25, -0.2) is 0 Å². The molecule has 0 spiro atoms. The van der Waals surface area contributed by atoms with Crippen molar-refractivity contribution < 1.29 is 35.4 Å². The predicted molar refractivity (Wildman–Crippen MR) is 78.9 cm³/mol. The van der Waals surface area contributed by atoms with E-state index in [1.807, 2.05) is 33.0 Å². The van der Waals surface area contributed by atoms with E-state index in [2.05, 4.69) is 0 Å². The SMILES string of the molecule is CCC(O)Cl.CN(C)C.O=C[C@H](O)[C@@H](O)[C@H](O)[C@H](O)CO. The lowest BCUT2D eigenvalue weighted by Gasteiger charge is -2.22. The van der Waals surface area contributed by atoms with Crippen molar-refractivity contribution >= 4 is 17.9 Å². The molecule has 0 aliphatic heterocycles. The zero-order valence-electron chi connectivity index (χ0n) is 12.8. The van der Waals surface area contributed by atoms with Crippen LogP contribution in [0.3, 0.4) is 0 Å². The molecule has 0 heterocycles. The first-order chi connectivity index (χ1) is 9.54. The van der Waals surface area contributed by atoms with Crippen LogP contribution >= 0.6 is 11.6 Å². The molecule has 0 aromatic carbocycles. The third kappa shape index (κ3) is 19.7. The van der Waals surface area contributed by atoms with Crippen LogP contribution < -0.4 is 0 Å². The van der Waals surface area contributed by atoms with Gasteiger partial charge in [0, 0.05) is 0 Å². The fraction of sp³-hybridized carbons (Fsp3) is 0.917. The monoisotopic (exact) mass is 333 g/mol. The number of hydrogen-bond donors (Lipinski definition) is 6. The molecule has 0 aliphatic carbocycles. The van der Waals surface area contributed by atoms with E-state index in [4.69, 9.17) is 42.2 Å². The smallest absolute Gasteiger partial charge is 0.151 e. The normalized spacial score (nSPS) is 17.3. The summed E-state index contributed by atoms with van der Waals surface area (Å²) in [6.07, 6.45) is -6.21. The zero-order chi connectivity index (χ0) is 17.6. The van der Waals surface area contributed by atoms with Gasteiger partial charge in [0.05, 0.1) is 6.61 Å². The molecule has 21 heavy (non-hydrogen) atoms. The van der Waals surface area contributed by atoms with Crippen molar-refractivity contribution in [3.8, 4) is 0 Å². The molecule has 0 radical (unpaired) electrons. The van der Waals surface area contributed by atoms with E-state index in [1.165, 1.54) is 0 Å². The summed E-state index contributed by atoms with van der Waals surface area (Å²) >= 11 is 5.02. The van der Waals surface area contributed by atoms with Crippen molar-refractivity contribution in [1.29, 1.82) is 0 Å². The van der Waals surface area contributed by atoms with Gasteiger partial charge in [0.1, 0.15) is 30.0 Å². The van der Waals surface area contributed by atoms with Gasteiger partial charge in [-0.3, -0.25) is 0 Å². The summed E-state index contributed by atoms with van der Waals surface area (Å²) in [7, 11) is 6.00. The third-order valence-corrected chi connectivity index (χ3v) is 2.07. The van der Waals surface area contributed by atoms with Gasteiger partial charge in [-0.05, 0) is 27.6 Å². The Bertz CT molecular complexity index is 229. The second-order valence-corrected chi connectivity index (χ2v) is 5.05. The lowest BCUT2D eigenvalue weighted by molar-refractivity contribution is -0.136. The maximum atomic E-state index is 9.90. The summed E-state index contributed by atoms with van der Waals surface area (Å²) in [5.41, 5.74) is -0.644. The molecule has 0 saturated carbocycles. The van der Waals surface area contributed by atoms with E-state index in [1.54, 1.807) is 0 Å². The molecule has 0 aromatic heterocycles. The number of halogens is 1. The number of rotatable bonds is 6. The van der Waals surface area contributed by atoms with Gasteiger partial charge in [0.2, 0.25) is 0 Å². The highest BCUT2D eigenvalue weighted by atomic mass is 35.5. The molecule has 9 heteroatoms. The Hall–Kier alpha value is -0.320. The minimum atomic E-state index is -1.79. The number of aliphatic hydroxyl groups excluding tert-OH is 6. The van der Waals surface area contributed by atoms with Crippen LogP contribution in [0.1, 0.15) is 13.3 Å². The van der Waals surface area contributed by atoms with Crippen molar-refractivity contribution in [2.75, 3.05) is 27.7 Å². The Morgan fingerprint density at radius 3 is 1.57 bits per heavy atom. The fourth-order valence-electron chi connectivity index (χ4n) is 0.618. The van der Waals surface area contributed by atoms with Crippen molar-refractivity contribution in [2.24, 2.45) is 0 Å². The molecule has 0 rings (SSSR count). The van der Waals surface area contributed by atoms with E-state index < -0.39 is 36.6 Å². The molecule has 0 amide bonds. The first kappa shape index (κ1) is 25.6. The highest BCUT2D eigenvalue weighted by Crippen LogP contribution is 2.02. The van der Waals surface area contributed by atoms with Gasteiger partial charge in [0.25, 0.3) is 0 Å². The first-order valence-corrected chi connectivity index (χ1v) is 6.70. The summed E-state index contributed by atoms with van der Waals surface area (Å²) in [5.74, 6) is 0. The number of nitrogens with zero attached hydrogens (tertiary/aromatic N) is 1. The van der Waals surface area contributed by atoms with Crippen LogP contribution in [0, 0.1) is 0 Å². The Morgan fingerprint density at radius 1 is 1.05 bits per heavy atom. The van der Waals surface area contributed by atoms with Gasteiger partial charge in [-0.2, -0.15) is 0 Å². The maximum absolute atomic E-state index is 9.90. The largest absolute Gasteiger partial charge is 0.394 e. The number of hydrogen-bond acceptors (Lipinski definition) is 8. The number of aliphatic hydroxyl groups is 6. The fourth-order valence-corrected chi connectivity index (χ4v) is 0.618. The van der Waals surface area contributed by atoms with E-state index in [9.17, 15) is 4.79 Å². The lowest BCUT2D eigenvalue weighted by Crippen LogP contribution is -2.46. The van der Waals surface area contributed by atoms with Crippen molar-refractivity contribution in [1.82, 2.24) is 4.90 Å². The second kappa shape index (κ2) is 16.1. The van der Waals surface area contributed by atoms with Crippen LogP contribution in [0.4, 0.5) is 0 Å². The Morgan fingerprint density at radius 2 is 1.38 bits per heavy atom. The molecule has 6 N–H and O–H groups in total. The van der Waals surface area contributed by atoms with Crippen LogP contribution in [-0.4, -0.2) is 99.6 Å². The molecule has 0 fully saturated rings. The molecule has 0 aromatic rings. The van der Waals surface area contributed by atoms with Gasteiger partial charge >= 0.3 is 0 Å². The second-order valence-electron chi connectivity index (χ2n) is 4.54. The van der Waals surface area contributed by atoms with Gasteiger partial charge in [-0.1, -0.05) is 18.5 Å². The minimum Gasteiger partial charge on any atom is -0.394 e. The average molecular weight is 334 g/mol. The Kier molecular flexibility index (Phi) is 19.6. The van der Waals surface area contributed by atoms with Crippen LogP contribution in [0.25, 0.3) is 0 Å². The summed E-state index contributed by atoms with van der Waals surface area (Å²) in [6, 6.07) is 0. The number of alkyl halides is 1. The van der Waals surface area contributed by atoms with Gasteiger partial charge < -0.3 is 40.3 Å². The highest BCUT2D eigenvalue weighted by Gasteiger charge is 2.29. The van der Waals surface area contributed by atoms with E-state index in [0.717, 1.165) is 0 Å². The van der Waals surface area contributed by atoms with Crippen LogP contribution in [-0.2, 0) is 4.79 Å². The van der Waals surface area contributed by atoms with Gasteiger partial charge in [0.15, 0.2) is 6.29 Å². The van der Waals surface area contributed by atoms with Crippen LogP contribution in [0.5, 0.6) is 0 Å². The summed E-state index contributed by atoms with van der Waals surface area (Å²) in [4.78, 5) is 11.9. The van der Waals surface area contributed by atoms with Gasteiger partial charge in [-0.15, -0.1) is 0 Å². The molecule has 1 unspecified atom stereocenters. The zero-order valence-corrected chi connectivity index (χ0v) is 13.6. The summed E-state index contributed by atoms with van der Waals surface area (Å²) in [5, 5.41) is 51.7. The standard InChI is InChI=1S/C6H12O6.C3H7ClO.C3H9N/c7-1-3(9)5(11)6(12)4(10)2-8;1-2-3(4)5;1-4(2)3/h1,3-6,8-12H,2H2;3,5H,2H2,1H3;1-3H3/t3-,4+,5+,6+;;/m0../s1. The maximum Gasteiger partial charge on any atom is 0.151 e. The number of carbonyl (C=O) groups is 1. The predicted octanol–water partition coefficient (Wildman–Crippen LogP) is -2.25. The Labute approximate surface area is 130 Å². The van der Waals surface area contributed by atoms with Crippen molar-refractivity contribution in [2.45, 2.75) is 43.3 Å². The third-order valence-electron chi connectivity index (χ3n) is 1.76. The lowest BCUT2D eigenvalue weighted by atomic mass is 10.0. The molecular formula is C12H28ClNO7. The van der Waals surface area contributed by atoms with Crippen molar-refractivity contribution in [3.05, 3.63) is 0 Å². The highest BCUT2D eigenvalue weighted by molar-refractivity contribution is 6.19. The average Bonchev–Trinajstić information content (AvgIpc) is 2.43. The summed E-state index contributed by atoms with van der Waals surface area (Å²) < 4.78 is 0. The number of carbonyl (C=O) groups excluding carboxylic acids is 1. The quantitative estimate of drug-likeness (QED) is 0.236. The topological polar surface area (TPSA) is 142 Å². The van der Waals surface area contributed by atoms with Crippen LogP contribution in [0.15, 0.2) is 0 Å². The van der Waals surface area contributed by atoms with E-state index in [-0.39, 0.29) is 6.29 Å². The number of aldehydes is 1. The molecule has 8 nitrogen and oxygen atoms in total. The molecular weight excluding hydrogens is 306 g/mol. The molecule has 0 aliphatic rings. The van der Waals surface area contributed by atoms with Crippen molar-refractivity contribution in [3.63, 3.8) is 0 Å². The first-order valence-electron chi connectivity index (χ1n) is 6.26. The minimum absolute atomic E-state index is 0.0258. The van der Waals surface area contributed by atoms with Crippen LogP contribution in [0.2, 0.25) is 0 Å². The molecule has 130 valence electrons. The molecule has 0 saturated heterocycles. The summed E-state index contributed by atoms with van der Waals surface area (Å²) in [6.45, 7) is 1.06. The molecule has 5 atom stereocenters. The molecule has 0 bridgehead atoms. The Balaban J connectivity index is -0.000000297. The van der Waals surface area contributed by atoms with E-state index in [0.29, 0.717) is 6.42 Å². The van der Waals surface area contributed by atoms with E-state index >= 15 is 0 Å².